The molecule has 0 N–H and O–H groups in total. The van der Waals surface area contributed by atoms with Gasteiger partial charge in [0.15, 0.2) is 22.6 Å². The first-order valence-corrected chi connectivity index (χ1v) is 10.6. The Balaban J connectivity index is 1.57. The lowest BCUT2D eigenvalue weighted by Crippen LogP contribution is -2.14. The number of hydrogen-bond donors (Lipinski definition) is 0. The van der Waals surface area contributed by atoms with Crippen molar-refractivity contribution in [3.05, 3.63) is 88.7 Å². The molecule has 0 fully saturated rings. The number of methoxy groups -OCH3 is 2. The number of benzene rings is 3. The number of carbonyl (C=O) groups is 2. The lowest BCUT2D eigenvalue weighted by atomic mass is 10.0. The van der Waals surface area contributed by atoms with E-state index in [1.807, 2.05) is 6.07 Å². The zero-order valence-electron chi connectivity index (χ0n) is 18.3. The highest BCUT2D eigenvalue weighted by molar-refractivity contribution is 6.30. The van der Waals surface area contributed by atoms with E-state index in [4.69, 9.17) is 30.5 Å². The summed E-state index contributed by atoms with van der Waals surface area (Å²) >= 11 is 6.26. The Morgan fingerprint density at radius 2 is 1.73 bits per heavy atom. The van der Waals surface area contributed by atoms with Crippen LogP contribution in [0.1, 0.15) is 32.4 Å². The van der Waals surface area contributed by atoms with Crippen LogP contribution in [-0.4, -0.2) is 26.0 Å². The molecule has 0 spiro atoms. The fourth-order valence-electron chi connectivity index (χ4n) is 3.56. The highest BCUT2D eigenvalue weighted by Crippen LogP contribution is 2.38. The molecule has 0 aromatic heterocycles. The van der Waals surface area contributed by atoms with Crippen molar-refractivity contribution in [3.63, 3.8) is 0 Å². The molecule has 0 radical (unpaired) electrons. The van der Waals surface area contributed by atoms with E-state index in [1.165, 1.54) is 13.2 Å². The Morgan fingerprint density at radius 3 is 2.42 bits per heavy atom. The number of carbonyl (C=O) groups excluding carboxylic acids is 2. The maximum Gasteiger partial charge on any atom is 0.334 e. The summed E-state index contributed by atoms with van der Waals surface area (Å²) < 4.78 is 21.8. The summed E-state index contributed by atoms with van der Waals surface area (Å²) in [5.74, 6) is 0.968. The predicted molar refractivity (Wildman–Crippen MR) is 124 cm³/mol. The van der Waals surface area contributed by atoms with E-state index < -0.39 is 11.3 Å². The SMILES string of the molecule is COc1ccc(/C=C2\Oc3cc(OC(=O)C(Cl)c4ccccc4)cc(C)c3C2=O)cc1OC. The van der Waals surface area contributed by atoms with Crippen molar-refractivity contribution in [3.8, 4) is 23.0 Å². The average Bonchev–Trinajstić information content (AvgIpc) is 3.14. The van der Waals surface area contributed by atoms with Crippen molar-refractivity contribution < 1.29 is 28.5 Å². The highest BCUT2D eigenvalue weighted by atomic mass is 35.5. The van der Waals surface area contributed by atoms with Crippen LogP contribution in [0.2, 0.25) is 0 Å². The molecule has 168 valence electrons. The Morgan fingerprint density at radius 1 is 1.00 bits per heavy atom. The number of Topliss-reactive ketones (excluding diaryl/α,β-unsaturated/α-hetero) is 1. The van der Waals surface area contributed by atoms with E-state index >= 15 is 0 Å². The molecule has 0 bridgehead atoms. The molecule has 0 amide bonds. The van der Waals surface area contributed by atoms with Gasteiger partial charge >= 0.3 is 5.97 Å². The van der Waals surface area contributed by atoms with Crippen LogP contribution in [0.5, 0.6) is 23.0 Å². The van der Waals surface area contributed by atoms with Gasteiger partial charge in [-0.15, -0.1) is 11.6 Å². The second kappa shape index (κ2) is 9.38. The Kier molecular flexibility index (Phi) is 6.38. The molecular weight excluding hydrogens is 444 g/mol. The molecule has 0 saturated heterocycles. The molecule has 7 heteroatoms. The molecular formula is C26H21ClO6. The first kappa shape index (κ1) is 22.4. The lowest BCUT2D eigenvalue weighted by molar-refractivity contribution is -0.134. The molecule has 0 saturated carbocycles. The maximum absolute atomic E-state index is 12.9. The summed E-state index contributed by atoms with van der Waals surface area (Å²) in [7, 11) is 3.09. The second-order valence-electron chi connectivity index (χ2n) is 7.36. The van der Waals surface area contributed by atoms with Gasteiger partial charge in [0.1, 0.15) is 11.5 Å². The monoisotopic (exact) mass is 464 g/mol. The van der Waals surface area contributed by atoms with Crippen molar-refractivity contribution in [1.29, 1.82) is 0 Å². The zero-order valence-corrected chi connectivity index (χ0v) is 19.0. The number of aryl methyl sites for hydroxylation is 1. The Hall–Kier alpha value is -3.77. The van der Waals surface area contributed by atoms with Gasteiger partial charge in [-0.05, 0) is 47.9 Å². The van der Waals surface area contributed by atoms with Gasteiger partial charge in [0.2, 0.25) is 5.78 Å². The van der Waals surface area contributed by atoms with Crippen molar-refractivity contribution in [2.24, 2.45) is 0 Å². The number of hydrogen-bond acceptors (Lipinski definition) is 6. The topological polar surface area (TPSA) is 71.1 Å². The molecule has 1 aliphatic heterocycles. The molecule has 1 atom stereocenters. The summed E-state index contributed by atoms with van der Waals surface area (Å²) in [6.07, 6.45) is 1.62. The summed E-state index contributed by atoms with van der Waals surface area (Å²) in [4.78, 5) is 25.5. The number of esters is 1. The van der Waals surface area contributed by atoms with Crippen LogP contribution < -0.4 is 18.9 Å². The van der Waals surface area contributed by atoms with Gasteiger partial charge in [0, 0.05) is 6.07 Å². The quantitative estimate of drug-likeness (QED) is 0.207. The molecule has 1 unspecified atom stereocenters. The molecule has 33 heavy (non-hydrogen) atoms. The zero-order chi connectivity index (χ0) is 23.5. The van der Waals surface area contributed by atoms with Crippen LogP contribution in [-0.2, 0) is 4.79 Å². The molecule has 0 aliphatic carbocycles. The van der Waals surface area contributed by atoms with Gasteiger partial charge in [0.05, 0.1) is 19.8 Å². The molecule has 3 aromatic carbocycles. The number of ketones is 1. The van der Waals surface area contributed by atoms with E-state index in [1.54, 1.807) is 68.6 Å². The lowest BCUT2D eigenvalue weighted by Gasteiger charge is -2.11. The van der Waals surface area contributed by atoms with Crippen LogP contribution in [0.4, 0.5) is 0 Å². The van der Waals surface area contributed by atoms with E-state index in [0.29, 0.717) is 39.5 Å². The van der Waals surface area contributed by atoms with Gasteiger partial charge in [-0.2, -0.15) is 0 Å². The first-order valence-electron chi connectivity index (χ1n) is 10.1. The summed E-state index contributed by atoms with van der Waals surface area (Å²) in [6, 6.07) is 17.3. The highest BCUT2D eigenvalue weighted by Gasteiger charge is 2.31. The molecule has 1 heterocycles. The van der Waals surface area contributed by atoms with Crippen molar-refractivity contribution in [2.45, 2.75) is 12.3 Å². The third kappa shape index (κ3) is 4.56. The maximum atomic E-state index is 12.9. The summed E-state index contributed by atoms with van der Waals surface area (Å²) in [5.41, 5.74) is 2.39. The summed E-state index contributed by atoms with van der Waals surface area (Å²) in [6.45, 7) is 1.76. The largest absolute Gasteiger partial charge is 0.493 e. The third-order valence-corrected chi connectivity index (χ3v) is 5.60. The van der Waals surface area contributed by atoms with Crippen LogP contribution in [0.15, 0.2) is 66.4 Å². The number of rotatable bonds is 6. The number of ether oxygens (including phenoxy) is 4. The van der Waals surface area contributed by atoms with E-state index in [2.05, 4.69) is 0 Å². The van der Waals surface area contributed by atoms with Crippen molar-refractivity contribution in [2.75, 3.05) is 14.2 Å². The van der Waals surface area contributed by atoms with Crippen molar-refractivity contribution >= 4 is 29.4 Å². The standard InChI is InChI=1S/C26H21ClO6/c1-15-11-18(32-26(29)24(27)17-7-5-4-6-8-17)14-21-23(15)25(28)22(33-21)13-16-9-10-19(30-2)20(12-16)31-3/h4-14,24H,1-3H3/b22-13-. The minimum absolute atomic E-state index is 0.156. The Labute approximate surface area is 196 Å². The molecule has 4 rings (SSSR count). The second-order valence-corrected chi connectivity index (χ2v) is 7.80. The van der Waals surface area contributed by atoms with Crippen LogP contribution in [0, 0.1) is 6.92 Å². The van der Waals surface area contributed by atoms with Gasteiger partial charge in [0.25, 0.3) is 0 Å². The minimum atomic E-state index is -0.956. The van der Waals surface area contributed by atoms with Crippen LogP contribution in [0.25, 0.3) is 6.08 Å². The average molecular weight is 465 g/mol. The fourth-order valence-corrected chi connectivity index (χ4v) is 3.75. The van der Waals surface area contributed by atoms with Gasteiger partial charge in [-0.3, -0.25) is 4.79 Å². The number of fused-ring (bicyclic) bond motifs is 1. The van der Waals surface area contributed by atoms with E-state index in [0.717, 1.165) is 0 Å². The smallest absolute Gasteiger partial charge is 0.334 e. The first-order chi connectivity index (χ1) is 15.9. The number of allylic oxidation sites excluding steroid dienone is 1. The summed E-state index contributed by atoms with van der Waals surface area (Å²) in [5, 5.41) is -0.956. The molecule has 3 aromatic rings. The Bertz CT molecular complexity index is 1250. The van der Waals surface area contributed by atoms with Gasteiger partial charge in [-0.25, -0.2) is 4.79 Å². The number of halogens is 1. The predicted octanol–water partition coefficient (Wildman–Crippen LogP) is 5.51. The normalized spacial score (nSPS) is 14.4. The number of alkyl halides is 1. The molecule has 6 nitrogen and oxygen atoms in total. The van der Waals surface area contributed by atoms with Crippen molar-refractivity contribution in [1.82, 2.24) is 0 Å². The molecule has 1 aliphatic rings. The fraction of sp³-hybridized carbons (Fsp3) is 0.154. The van der Waals surface area contributed by atoms with Crippen LogP contribution >= 0.6 is 11.6 Å². The third-order valence-electron chi connectivity index (χ3n) is 5.17. The minimum Gasteiger partial charge on any atom is -0.493 e. The van der Waals surface area contributed by atoms with Crippen LogP contribution in [0.3, 0.4) is 0 Å². The van der Waals surface area contributed by atoms with E-state index in [-0.39, 0.29) is 17.3 Å². The van der Waals surface area contributed by atoms with E-state index in [9.17, 15) is 9.59 Å². The van der Waals surface area contributed by atoms with Gasteiger partial charge in [-0.1, -0.05) is 36.4 Å². The van der Waals surface area contributed by atoms with Gasteiger partial charge < -0.3 is 18.9 Å².